The molecule has 3 heterocycles. The molecule has 3 aliphatic rings. The van der Waals surface area contributed by atoms with Gasteiger partial charge in [0, 0.05) is 43.4 Å². The van der Waals surface area contributed by atoms with Gasteiger partial charge in [0.15, 0.2) is 0 Å². The Hall–Kier alpha value is -2.47. The van der Waals surface area contributed by atoms with Crippen LogP contribution in [0, 0.1) is 0 Å². The van der Waals surface area contributed by atoms with E-state index in [-0.39, 0.29) is 5.91 Å². The first-order valence-electron chi connectivity index (χ1n) is 12.6. The lowest BCUT2D eigenvalue weighted by molar-refractivity contribution is -0.131. The molecule has 0 bridgehead atoms. The number of aromatic nitrogens is 2. The fourth-order valence-electron chi connectivity index (χ4n) is 5.31. The smallest absolute Gasteiger partial charge is 0.223 e. The van der Waals surface area contributed by atoms with E-state index in [1.165, 1.54) is 59.9 Å². The van der Waals surface area contributed by atoms with Crippen LogP contribution >= 0.6 is 11.3 Å². The van der Waals surface area contributed by atoms with E-state index >= 15 is 0 Å². The topological polar surface area (TPSA) is 49.3 Å². The number of rotatable bonds is 5. The summed E-state index contributed by atoms with van der Waals surface area (Å²) in [6, 6.07) is 10.3. The molecule has 1 aromatic carbocycles. The number of fused-ring (bicyclic) bond motifs is 3. The van der Waals surface area contributed by atoms with Crippen LogP contribution in [0.3, 0.4) is 0 Å². The van der Waals surface area contributed by atoms with Crippen LogP contribution in [0.4, 0.5) is 5.82 Å². The number of benzene rings is 1. The molecule has 0 spiro atoms. The average Bonchev–Trinajstić information content (AvgIpc) is 3.68. The molecule has 2 aromatic heterocycles. The maximum absolute atomic E-state index is 12.9. The van der Waals surface area contributed by atoms with E-state index in [0.29, 0.717) is 12.3 Å². The molecule has 0 unspecified atom stereocenters. The van der Waals surface area contributed by atoms with Crippen LogP contribution in [0.1, 0.15) is 66.3 Å². The lowest BCUT2D eigenvalue weighted by Crippen LogP contribution is -2.49. The van der Waals surface area contributed by atoms with Gasteiger partial charge in [0.25, 0.3) is 0 Å². The molecule has 1 saturated carbocycles. The van der Waals surface area contributed by atoms with Gasteiger partial charge in [-0.05, 0) is 56.1 Å². The summed E-state index contributed by atoms with van der Waals surface area (Å²) in [7, 11) is 0. The molecule has 3 aromatic rings. The number of piperazine rings is 1. The van der Waals surface area contributed by atoms with Crippen molar-refractivity contribution in [3.8, 4) is 0 Å². The normalized spacial score (nSPS) is 18.9. The van der Waals surface area contributed by atoms with Crippen LogP contribution in [0.15, 0.2) is 30.3 Å². The maximum atomic E-state index is 12.9. The molecule has 0 N–H and O–H groups in total. The lowest BCUT2D eigenvalue weighted by Gasteiger charge is -2.36. The first-order valence-corrected chi connectivity index (χ1v) is 13.5. The number of carbonyl (C=O) groups is 1. The zero-order valence-corrected chi connectivity index (χ0v) is 20.1. The third-order valence-corrected chi connectivity index (χ3v) is 8.59. The number of nitrogens with zero attached hydrogens (tertiary/aromatic N) is 4. The fraction of sp³-hybridized carbons (Fsp3) is 0.519. The molecule has 5 nitrogen and oxygen atoms in total. The van der Waals surface area contributed by atoms with Gasteiger partial charge in [0.05, 0.1) is 5.39 Å². The second-order valence-electron chi connectivity index (χ2n) is 9.78. The minimum Gasteiger partial charge on any atom is -0.352 e. The molecule has 1 amide bonds. The second kappa shape index (κ2) is 9.05. The van der Waals surface area contributed by atoms with Crippen molar-refractivity contribution in [2.75, 3.05) is 31.1 Å². The van der Waals surface area contributed by atoms with Crippen molar-refractivity contribution in [3.63, 3.8) is 0 Å². The highest BCUT2D eigenvalue weighted by molar-refractivity contribution is 7.19. The average molecular weight is 461 g/mol. The Balaban J connectivity index is 1.21. The van der Waals surface area contributed by atoms with E-state index in [1.54, 1.807) is 4.88 Å². The number of amides is 1. The summed E-state index contributed by atoms with van der Waals surface area (Å²) in [5, 5.41) is 1.32. The molecule has 0 radical (unpaired) electrons. The molecule has 1 saturated heterocycles. The van der Waals surface area contributed by atoms with Gasteiger partial charge in [-0.2, -0.15) is 0 Å². The molecule has 1 aliphatic heterocycles. The van der Waals surface area contributed by atoms with E-state index in [9.17, 15) is 4.79 Å². The van der Waals surface area contributed by atoms with Gasteiger partial charge < -0.3 is 9.80 Å². The van der Waals surface area contributed by atoms with Gasteiger partial charge in [-0.25, -0.2) is 9.97 Å². The van der Waals surface area contributed by atoms with E-state index < -0.39 is 0 Å². The van der Waals surface area contributed by atoms with Crippen LogP contribution in [0.25, 0.3) is 10.2 Å². The minimum absolute atomic E-state index is 0.273. The van der Waals surface area contributed by atoms with Gasteiger partial charge in [-0.3, -0.25) is 4.79 Å². The van der Waals surface area contributed by atoms with Crippen LogP contribution in [0.2, 0.25) is 0 Å². The van der Waals surface area contributed by atoms with Gasteiger partial charge in [-0.1, -0.05) is 36.8 Å². The van der Waals surface area contributed by atoms with Crippen molar-refractivity contribution in [2.24, 2.45) is 0 Å². The van der Waals surface area contributed by atoms with Crippen LogP contribution in [0.5, 0.6) is 0 Å². The summed E-state index contributed by atoms with van der Waals surface area (Å²) >= 11 is 1.92. The van der Waals surface area contributed by atoms with Crippen LogP contribution in [-0.4, -0.2) is 47.0 Å². The first kappa shape index (κ1) is 21.1. The van der Waals surface area contributed by atoms with Gasteiger partial charge in [-0.15, -0.1) is 11.3 Å². The Morgan fingerprint density at radius 3 is 2.55 bits per heavy atom. The van der Waals surface area contributed by atoms with Crippen molar-refractivity contribution in [3.05, 3.63) is 52.2 Å². The van der Waals surface area contributed by atoms with E-state index in [2.05, 4.69) is 17.0 Å². The number of aryl methyl sites for hydroxylation is 3. The number of hydrogen-bond acceptors (Lipinski definition) is 5. The fourth-order valence-corrected chi connectivity index (χ4v) is 6.57. The zero-order valence-electron chi connectivity index (χ0n) is 19.3. The Labute approximate surface area is 199 Å². The minimum atomic E-state index is 0.273. The molecule has 0 atom stereocenters. The Morgan fingerprint density at radius 2 is 1.76 bits per heavy atom. The van der Waals surface area contributed by atoms with Crippen molar-refractivity contribution < 1.29 is 4.79 Å². The third kappa shape index (κ3) is 4.37. The quantitative estimate of drug-likeness (QED) is 0.496. The van der Waals surface area contributed by atoms with Gasteiger partial charge in [0.2, 0.25) is 5.91 Å². The predicted molar refractivity (Wildman–Crippen MR) is 134 cm³/mol. The number of thiophene rings is 1. The largest absolute Gasteiger partial charge is 0.352 e. The monoisotopic (exact) mass is 460 g/mol. The summed E-state index contributed by atoms with van der Waals surface area (Å²) in [6.45, 7) is 3.28. The number of hydrogen-bond donors (Lipinski definition) is 0. The summed E-state index contributed by atoms with van der Waals surface area (Å²) in [6.07, 6.45) is 10.1. The van der Waals surface area contributed by atoms with Gasteiger partial charge >= 0.3 is 0 Å². The van der Waals surface area contributed by atoms with E-state index in [4.69, 9.17) is 9.97 Å². The first-order chi connectivity index (χ1) is 16.3. The summed E-state index contributed by atoms with van der Waals surface area (Å²) < 4.78 is 0. The molecule has 2 aliphatic carbocycles. The van der Waals surface area contributed by atoms with Crippen molar-refractivity contribution in [2.45, 2.75) is 63.7 Å². The summed E-state index contributed by atoms with van der Waals surface area (Å²) in [4.78, 5) is 30.3. The highest BCUT2D eigenvalue weighted by Crippen LogP contribution is 2.44. The predicted octanol–water partition coefficient (Wildman–Crippen LogP) is 5.12. The number of anilines is 1. The van der Waals surface area contributed by atoms with Crippen LogP contribution in [-0.2, 0) is 24.1 Å². The molecule has 6 rings (SSSR count). The number of carbonyl (C=O) groups excluding carboxylic acids is 1. The SMILES string of the molecule is O=C(CCc1ccccc1)N1CCN(c2nc(C3CC3)nc3sc4c(c23)CCCCC4)CC1. The van der Waals surface area contributed by atoms with E-state index in [1.807, 2.05) is 34.4 Å². The van der Waals surface area contributed by atoms with Gasteiger partial charge in [0.1, 0.15) is 16.5 Å². The van der Waals surface area contributed by atoms with Crippen LogP contribution < -0.4 is 4.90 Å². The standard InChI is InChI=1S/C27H32N4OS/c32-23(14-11-19-7-3-1-4-8-19)30-15-17-31(18-16-30)26-24-21-9-5-2-6-10-22(21)33-27(24)29-25(28-26)20-12-13-20/h1,3-4,7-8,20H,2,5-6,9-18H2. The third-order valence-electron chi connectivity index (χ3n) is 7.41. The molecule has 33 heavy (non-hydrogen) atoms. The maximum Gasteiger partial charge on any atom is 0.223 e. The molecule has 2 fully saturated rings. The Bertz CT molecular complexity index is 1150. The molecule has 6 heteroatoms. The Morgan fingerprint density at radius 1 is 0.970 bits per heavy atom. The van der Waals surface area contributed by atoms with Crippen molar-refractivity contribution in [1.82, 2.24) is 14.9 Å². The second-order valence-corrected chi connectivity index (χ2v) is 10.9. The Kier molecular flexibility index (Phi) is 5.78. The van der Waals surface area contributed by atoms with Crippen molar-refractivity contribution >= 4 is 33.3 Å². The summed E-state index contributed by atoms with van der Waals surface area (Å²) in [5.74, 6) is 3.03. The molecular formula is C27H32N4OS. The summed E-state index contributed by atoms with van der Waals surface area (Å²) in [5.41, 5.74) is 2.75. The van der Waals surface area contributed by atoms with E-state index in [0.717, 1.165) is 50.7 Å². The highest BCUT2D eigenvalue weighted by Gasteiger charge is 2.31. The highest BCUT2D eigenvalue weighted by atomic mass is 32.1. The van der Waals surface area contributed by atoms with Crippen molar-refractivity contribution in [1.29, 1.82) is 0 Å². The molecular weight excluding hydrogens is 428 g/mol. The molecule has 172 valence electrons. The zero-order chi connectivity index (χ0) is 22.2. The lowest BCUT2D eigenvalue weighted by atomic mass is 10.1.